The molecule has 0 radical (unpaired) electrons. The molecule has 0 unspecified atom stereocenters. The number of thiol groups is 1. The summed E-state index contributed by atoms with van der Waals surface area (Å²) in [5.41, 5.74) is 2.85. The standard InChI is InChI=1S/C13H19NS/c1-14-7-5-12(6-8-14)13-4-2-3-11(9-13)10-15/h2-4,9,12,15H,5-8,10H2,1H3. The molecule has 2 heteroatoms. The van der Waals surface area contributed by atoms with Gasteiger partial charge in [-0.05, 0) is 50.0 Å². The summed E-state index contributed by atoms with van der Waals surface area (Å²) in [4.78, 5) is 2.42. The van der Waals surface area contributed by atoms with E-state index < -0.39 is 0 Å². The highest BCUT2D eigenvalue weighted by molar-refractivity contribution is 7.79. The van der Waals surface area contributed by atoms with Crippen molar-refractivity contribution < 1.29 is 0 Å². The minimum atomic E-state index is 0.765. The van der Waals surface area contributed by atoms with Gasteiger partial charge >= 0.3 is 0 Å². The first-order valence-corrected chi connectivity index (χ1v) is 6.31. The molecule has 0 atom stereocenters. The predicted octanol–water partition coefficient (Wildman–Crippen LogP) is 2.93. The van der Waals surface area contributed by atoms with Gasteiger partial charge in [-0.3, -0.25) is 0 Å². The summed E-state index contributed by atoms with van der Waals surface area (Å²) in [6.07, 6.45) is 2.60. The Morgan fingerprint density at radius 3 is 2.73 bits per heavy atom. The van der Waals surface area contributed by atoms with Gasteiger partial charge in [0, 0.05) is 5.75 Å². The lowest BCUT2D eigenvalue weighted by atomic mass is 9.89. The van der Waals surface area contributed by atoms with Crippen LogP contribution in [0.25, 0.3) is 0 Å². The van der Waals surface area contributed by atoms with Crippen molar-refractivity contribution in [1.29, 1.82) is 0 Å². The van der Waals surface area contributed by atoms with Crippen LogP contribution in [0.3, 0.4) is 0 Å². The predicted molar refractivity (Wildman–Crippen MR) is 68.6 cm³/mol. The summed E-state index contributed by atoms with van der Waals surface area (Å²) < 4.78 is 0. The molecule has 1 aliphatic rings. The van der Waals surface area contributed by atoms with Crippen molar-refractivity contribution in [1.82, 2.24) is 4.90 Å². The van der Waals surface area contributed by atoms with Crippen LogP contribution >= 0.6 is 12.6 Å². The van der Waals surface area contributed by atoms with Gasteiger partial charge in [-0.2, -0.15) is 12.6 Å². The second kappa shape index (κ2) is 5.04. The van der Waals surface area contributed by atoms with E-state index in [4.69, 9.17) is 0 Å². The first kappa shape index (κ1) is 11.0. The number of hydrogen-bond acceptors (Lipinski definition) is 2. The van der Waals surface area contributed by atoms with Crippen molar-refractivity contribution in [3.05, 3.63) is 35.4 Å². The van der Waals surface area contributed by atoms with Crippen molar-refractivity contribution in [2.24, 2.45) is 0 Å². The molecule has 82 valence electrons. The monoisotopic (exact) mass is 221 g/mol. The summed E-state index contributed by atoms with van der Waals surface area (Å²) in [6.45, 7) is 2.46. The van der Waals surface area contributed by atoms with E-state index in [1.165, 1.54) is 37.1 Å². The van der Waals surface area contributed by atoms with Crippen LogP contribution in [0.5, 0.6) is 0 Å². The Morgan fingerprint density at radius 1 is 1.33 bits per heavy atom. The lowest BCUT2D eigenvalue weighted by molar-refractivity contribution is 0.255. The van der Waals surface area contributed by atoms with Crippen LogP contribution < -0.4 is 0 Å². The van der Waals surface area contributed by atoms with Gasteiger partial charge in [0.2, 0.25) is 0 Å². The first-order chi connectivity index (χ1) is 7.29. The number of benzene rings is 1. The van der Waals surface area contributed by atoms with Crippen LogP contribution in [0.15, 0.2) is 24.3 Å². The van der Waals surface area contributed by atoms with Gasteiger partial charge in [0.1, 0.15) is 0 Å². The quantitative estimate of drug-likeness (QED) is 0.752. The second-order valence-electron chi connectivity index (χ2n) is 4.48. The molecule has 0 aliphatic carbocycles. The Morgan fingerprint density at radius 2 is 2.07 bits per heavy atom. The van der Waals surface area contributed by atoms with Gasteiger partial charge in [-0.15, -0.1) is 0 Å². The maximum Gasteiger partial charge on any atom is 0.0154 e. The number of likely N-dealkylation sites (tertiary alicyclic amines) is 1. The maximum absolute atomic E-state index is 4.33. The third-order valence-electron chi connectivity index (χ3n) is 3.32. The highest BCUT2D eigenvalue weighted by Gasteiger charge is 2.18. The van der Waals surface area contributed by atoms with E-state index in [1.54, 1.807) is 0 Å². The molecule has 0 bridgehead atoms. The Kier molecular flexibility index (Phi) is 3.71. The Bertz CT molecular complexity index is 316. The zero-order valence-electron chi connectivity index (χ0n) is 9.32. The number of rotatable bonds is 2. The smallest absolute Gasteiger partial charge is 0.0154 e. The van der Waals surface area contributed by atoms with E-state index in [0.717, 1.165) is 11.7 Å². The summed E-state index contributed by atoms with van der Waals surface area (Å²) in [6, 6.07) is 8.91. The van der Waals surface area contributed by atoms with Crippen molar-refractivity contribution in [3.63, 3.8) is 0 Å². The minimum Gasteiger partial charge on any atom is -0.306 e. The van der Waals surface area contributed by atoms with Crippen LogP contribution in [0.2, 0.25) is 0 Å². The van der Waals surface area contributed by atoms with E-state index in [1.807, 2.05) is 0 Å². The van der Waals surface area contributed by atoms with Crippen molar-refractivity contribution >= 4 is 12.6 Å². The van der Waals surface area contributed by atoms with Gasteiger partial charge in [-0.1, -0.05) is 24.3 Å². The Balaban J connectivity index is 2.08. The molecular formula is C13H19NS. The highest BCUT2D eigenvalue weighted by atomic mass is 32.1. The molecule has 0 saturated carbocycles. The molecule has 0 aromatic heterocycles. The van der Waals surface area contributed by atoms with Gasteiger partial charge in [-0.25, -0.2) is 0 Å². The summed E-state index contributed by atoms with van der Waals surface area (Å²) in [7, 11) is 2.21. The lowest BCUT2D eigenvalue weighted by Gasteiger charge is -2.29. The average Bonchev–Trinajstić information content (AvgIpc) is 2.30. The molecule has 1 fully saturated rings. The fourth-order valence-corrected chi connectivity index (χ4v) is 2.48. The fraction of sp³-hybridized carbons (Fsp3) is 0.538. The van der Waals surface area contributed by atoms with Crippen molar-refractivity contribution in [3.8, 4) is 0 Å². The molecule has 1 saturated heterocycles. The maximum atomic E-state index is 4.33. The molecular weight excluding hydrogens is 202 g/mol. The molecule has 1 aliphatic heterocycles. The number of hydrogen-bond donors (Lipinski definition) is 1. The van der Waals surface area contributed by atoms with Gasteiger partial charge in [0.25, 0.3) is 0 Å². The molecule has 1 aromatic carbocycles. The number of nitrogens with zero attached hydrogens (tertiary/aromatic N) is 1. The van der Waals surface area contributed by atoms with Crippen LogP contribution in [0.4, 0.5) is 0 Å². The number of piperidine rings is 1. The fourth-order valence-electron chi connectivity index (χ4n) is 2.29. The third-order valence-corrected chi connectivity index (χ3v) is 3.69. The van der Waals surface area contributed by atoms with Crippen molar-refractivity contribution in [2.75, 3.05) is 20.1 Å². The molecule has 0 N–H and O–H groups in total. The Labute approximate surface area is 97.9 Å². The van der Waals surface area contributed by atoms with E-state index in [2.05, 4.69) is 48.8 Å². The van der Waals surface area contributed by atoms with Gasteiger partial charge < -0.3 is 4.90 Å². The zero-order valence-corrected chi connectivity index (χ0v) is 10.2. The Hall–Kier alpha value is -0.470. The normalized spacial score (nSPS) is 19.3. The third kappa shape index (κ3) is 2.76. The summed E-state index contributed by atoms with van der Waals surface area (Å²) in [5, 5.41) is 0. The first-order valence-electron chi connectivity index (χ1n) is 5.68. The molecule has 0 spiro atoms. The molecule has 0 amide bonds. The summed E-state index contributed by atoms with van der Waals surface area (Å²) >= 11 is 4.33. The van der Waals surface area contributed by atoms with E-state index in [9.17, 15) is 0 Å². The zero-order chi connectivity index (χ0) is 10.7. The average molecular weight is 221 g/mol. The molecule has 1 heterocycles. The van der Waals surface area contributed by atoms with Gasteiger partial charge in [0.05, 0.1) is 0 Å². The van der Waals surface area contributed by atoms with Crippen LogP contribution in [-0.2, 0) is 5.75 Å². The van der Waals surface area contributed by atoms with E-state index in [-0.39, 0.29) is 0 Å². The van der Waals surface area contributed by atoms with Gasteiger partial charge in [0.15, 0.2) is 0 Å². The highest BCUT2D eigenvalue weighted by Crippen LogP contribution is 2.28. The van der Waals surface area contributed by atoms with Crippen molar-refractivity contribution in [2.45, 2.75) is 24.5 Å². The van der Waals surface area contributed by atoms with Crippen LogP contribution in [0.1, 0.15) is 29.9 Å². The van der Waals surface area contributed by atoms with E-state index >= 15 is 0 Å². The molecule has 1 aromatic rings. The lowest BCUT2D eigenvalue weighted by Crippen LogP contribution is -2.29. The van der Waals surface area contributed by atoms with E-state index in [0.29, 0.717) is 0 Å². The largest absolute Gasteiger partial charge is 0.306 e. The minimum absolute atomic E-state index is 0.765. The molecule has 15 heavy (non-hydrogen) atoms. The summed E-state index contributed by atoms with van der Waals surface area (Å²) in [5.74, 6) is 1.61. The molecule has 2 rings (SSSR count). The SMILES string of the molecule is CN1CCC(c2cccc(CS)c2)CC1. The second-order valence-corrected chi connectivity index (χ2v) is 4.80. The van der Waals surface area contributed by atoms with Crippen LogP contribution in [-0.4, -0.2) is 25.0 Å². The topological polar surface area (TPSA) is 3.24 Å². The molecule has 1 nitrogen and oxygen atoms in total. The van der Waals surface area contributed by atoms with Crippen LogP contribution in [0, 0.1) is 0 Å².